The van der Waals surface area contributed by atoms with E-state index in [0.29, 0.717) is 18.8 Å². The molecule has 5 nitrogen and oxygen atoms in total. The Kier molecular flexibility index (Phi) is 4.06. The van der Waals surface area contributed by atoms with Crippen LogP contribution in [0.2, 0.25) is 0 Å². The molecule has 1 atom stereocenters. The zero-order valence-electron chi connectivity index (χ0n) is 13.4. The number of hydrogen-bond acceptors (Lipinski definition) is 4. The van der Waals surface area contributed by atoms with Gasteiger partial charge in [0.1, 0.15) is 11.6 Å². The molecule has 1 amide bonds. The summed E-state index contributed by atoms with van der Waals surface area (Å²) in [5.74, 6) is 0.448. The molecule has 0 saturated carbocycles. The molecule has 2 aromatic rings. The summed E-state index contributed by atoms with van der Waals surface area (Å²) < 4.78 is 19.0. The Hall–Kier alpha value is -2.21. The minimum Gasteiger partial charge on any atom is -0.360 e. The third-order valence-electron chi connectivity index (χ3n) is 4.89. The van der Waals surface area contributed by atoms with E-state index in [9.17, 15) is 9.18 Å². The third-order valence-corrected chi connectivity index (χ3v) is 4.89. The van der Waals surface area contributed by atoms with Crippen LogP contribution in [0.5, 0.6) is 0 Å². The molecule has 2 heterocycles. The fourth-order valence-electron chi connectivity index (χ4n) is 3.65. The number of hydrogen-bond donors (Lipinski definition) is 1. The van der Waals surface area contributed by atoms with Gasteiger partial charge in [0.25, 0.3) is 5.91 Å². The summed E-state index contributed by atoms with van der Waals surface area (Å²) in [5.41, 5.74) is 2.20. The van der Waals surface area contributed by atoms with E-state index in [1.54, 1.807) is 11.0 Å². The maximum atomic E-state index is 13.6. The first-order valence-corrected chi connectivity index (χ1v) is 8.48. The highest BCUT2D eigenvalue weighted by molar-refractivity contribution is 5.94. The second kappa shape index (κ2) is 6.36. The Labute approximate surface area is 139 Å². The molecule has 1 aromatic heterocycles. The van der Waals surface area contributed by atoms with Gasteiger partial charge in [-0.3, -0.25) is 4.79 Å². The van der Waals surface area contributed by atoms with E-state index in [1.807, 2.05) is 6.07 Å². The molecule has 2 aliphatic rings. The van der Waals surface area contributed by atoms with Crippen LogP contribution in [0, 0.1) is 5.82 Å². The molecule has 1 N–H and O–H groups in total. The molecule has 1 aliphatic carbocycles. The van der Waals surface area contributed by atoms with Gasteiger partial charge in [0.2, 0.25) is 0 Å². The second-order valence-corrected chi connectivity index (χ2v) is 6.41. The molecule has 1 aliphatic heterocycles. The van der Waals surface area contributed by atoms with Crippen LogP contribution in [0.15, 0.2) is 28.8 Å². The van der Waals surface area contributed by atoms with Crippen molar-refractivity contribution in [1.82, 2.24) is 15.4 Å². The molecule has 24 heavy (non-hydrogen) atoms. The van der Waals surface area contributed by atoms with E-state index in [2.05, 4.69) is 10.5 Å². The summed E-state index contributed by atoms with van der Waals surface area (Å²) in [6, 6.07) is 6.26. The maximum absolute atomic E-state index is 13.6. The van der Waals surface area contributed by atoms with E-state index in [-0.39, 0.29) is 17.8 Å². The number of nitrogens with zero attached hydrogens (tertiary/aromatic N) is 2. The molecular weight excluding hydrogens is 309 g/mol. The minimum atomic E-state index is -0.288. The molecule has 1 unspecified atom stereocenters. The van der Waals surface area contributed by atoms with Gasteiger partial charge < -0.3 is 14.7 Å². The monoisotopic (exact) mass is 329 g/mol. The smallest absolute Gasteiger partial charge is 0.276 e. The van der Waals surface area contributed by atoms with Gasteiger partial charge in [0.05, 0.1) is 6.04 Å². The highest BCUT2D eigenvalue weighted by Gasteiger charge is 2.33. The molecule has 0 spiro atoms. The molecule has 0 radical (unpaired) electrons. The van der Waals surface area contributed by atoms with Crippen molar-refractivity contribution in [2.75, 3.05) is 19.6 Å². The fourth-order valence-corrected chi connectivity index (χ4v) is 3.65. The Morgan fingerprint density at radius 3 is 3.08 bits per heavy atom. The number of carbonyl (C=O) groups excluding carboxylic acids is 1. The number of benzene rings is 1. The molecule has 4 rings (SSSR count). The number of halogens is 1. The fraction of sp³-hybridized carbons (Fsp3) is 0.444. The topological polar surface area (TPSA) is 58.4 Å². The highest BCUT2D eigenvalue weighted by Crippen LogP contribution is 2.29. The lowest BCUT2D eigenvalue weighted by molar-refractivity contribution is 0.0622. The average Bonchev–Trinajstić information content (AvgIpc) is 3.05. The van der Waals surface area contributed by atoms with Crippen LogP contribution in [-0.2, 0) is 12.8 Å². The quantitative estimate of drug-likeness (QED) is 0.920. The largest absolute Gasteiger partial charge is 0.360 e. The van der Waals surface area contributed by atoms with Crippen LogP contribution in [0.3, 0.4) is 0 Å². The lowest BCUT2D eigenvalue weighted by Gasteiger charge is -2.36. The van der Waals surface area contributed by atoms with Crippen molar-refractivity contribution in [2.24, 2.45) is 0 Å². The average molecular weight is 329 g/mol. The SMILES string of the molecule is O=C(c1noc2c1CCCC2)N1CCNCC1c1cccc(F)c1. The van der Waals surface area contributed by atoms with Crippen LogP contribution in [0.4, 0.5) is 4.39 Å². The second-order valence-electron chi connectivity index (χ2n) is 6.41. The van der Waals surface area contributed by atoms with Crippen molar-refractivity contribution in [3.05, 3.63) is 52.7 Å². The molecule has 0 bridgehead atoms. The van der Waals surface area contributed by atoms with Gasteiger partial charge in [0.15, 0.2) is 5.69 Å². The Morgan fingerprint density at radius 1 is 1.33 bits per heavy atom. The van der Waals surface area contributed by atoms with Crippen molar-refractivity contribution in [3.8, 4) is 0 Å². The third kappa shape index (κ3) is 2.71. The molecule has 1 saturated heterocycles. The van der Waals surface area contributed by atoms with Crippen LogP contribution in [-0.4, -0.2) is 35.6 Å². The Morgan fingerprint density at radius 2 is 2.21 bits per heavy atom. The predicted molar refractivity (Wildman–Crippen MR) is 86.2 cm³/mol. The van der Waals surface area contributed by atoms with Crippen LogP contribution in [0.1, 0.15) is 46.3 Å². The zero-order chi connectivity index (χ0) is 16.5. The number of fused-ring (bicyclic) bond motifs is 1. The molecular formula is C18H20FN3O2. The number of aryl methyl sites for hydroxylation is 1. The van der Waals surface area contributed by atoms with Crippen molar-refractivity contribution < 1.29 is 13.7 Å². The van der Waals surface area contributed by atoms with Gasteiger partial charge in [-0.1, -0.05) is 17.3 Å². The van der Waals surface area contributed by atoms with Crippen molar-refractivity contribution >= 4 is 5.91 Å². The normalized spacial score (nSPS) is 20.7. The van der Waals surface area contributed by atoms with Crippen molar-refractivity contribution in [1.29, 1.82) is 0 Å². The summed E-state index contributed by atoms with van der Waals surface area (Å²) in [5, 5.41) is 7.34. The summed E-state index contributed by atoms with van der Waals surface area (Å²) in [6.45, 7) is 1.90. The summed E-state index contributed by atoms with van der Waals surface area (Å²) >= 11 is 0. The Bertz CT molecular complexity index is 758. The lowest BCUT2D eigenvalue weighted by atomic mass is 9.95. The standard InChI is InChI=1S/C18H20FN3O2/c19-13-5-3-4-12(10-13)15-11-20-8-9-22(15)18(23)17-14-6-1-2-7-16(14)24-21-17/h3-5,10,15,20H,1-2,6-9,11H2. The lowest BCUT2D eigenvalue weighted by Crippen LogP contribution is -2.49. The van der Waals surface area contributed by atoms with Gasteiger partial charge in [-0.25, -0.2) is 4.39 Å². The number of piperazine rings is 1. The first kappa shape index (κ1) is 15.3. The predicted octanol–water partition coefficient (Wildman–Crippen LogP) is 2.48. The van der Waals surface area contributed by atoms with E-state index in [1.165, 1.54) is 12.1 Å². The number of rotatable bonds is 2. The first-order valence-electron chi connectivity index (χ1n) is 8.48. The van der Waals surface area contributed by atoms with Gasteiger partial charge in [0, 0.05) is 31.6 Å². The molecule has 6 heteroatoms. The number of amides is 1. The number of aromatic nitrogens is 1. The first-order chi connectivity index (χ1) is 11.7. The summed E-state index contributed by atoms with van der Waals surface area (Å²) in [7, 11) is 0. The maximum Gasteiger partial charge on any atom is 0.276 e. The van der Waals surface area contributed by atoms with Gasteiger partial charge in [-0.05, 0) is 37.0 Å². The van der Waals surface area contributed by atoms with Gasteiger partial charge in [-0.15, -0.1) is 0 Å². The summed E-state index contributed by atoms with van der Waals surface area (Å²) in [6.07, 6.45) is 3.83. The van der Waals surface area contributed by atoms with E-state index >= 15 is 0 Å². The minimum absolute atomic E-state index is 0.113. The van der Waals surface area contributed by atoms with Crippen LogP contribution >= 0.6 is 0 Å². The van der Waals surface area contributed by atoms with Crippen LogP contribution in [0.25, 0.3) is 0 Å². The molecule has 126 valence electrons. The molecule has 1 fully saturated rings. The van der Waals surface area contributed by atoms with Crippen molar-refractivity contribution in [3.63, 3.8) is 0 Å². The van der Waals surface area contributed by atoms with E-state index in [0.717, 1.165) is 49.1 Å². The molecule has 1 aromatic carbocycles. The van der Waals surface area contributed by atoms with E-state index in [4.69, 9.17) is 4.52 Å². The Balaban J connectivity index is 1.65. The van der Waals surface area contributed by atoms with E-state index < -0.39 is 0 Å². The highest BCUT2D eigenvalue weighted by atomic mass is 19.1. The van der Waals surface area contributed by atoms with Gasteiger partial charge >= 0.3 is 0 Å². The summed E-state index contributed by atoms with van der Waals surface area (Å²) in [4.78, 5) is 14.9. The van der Waals surface area contributed by atoms with Gasteiger partial charge in [-0.2, -0.15) is 0 Å². The number of carbonyl (C=O) groups is 1. The number of nitrogens with one attached hydrogen (secondary N) is 1. The van der Waals surface area contributed by atoms with Crippen molar-refractivity contribution in [2.45, 2.75) is 31.7 Å². The van der Waals surface area contributed by atoms with Crippen LogP contribution < -0.4 is 5.32 Å². The zero-order valence-corrected chi connectivity index (χ0v) is 13.4.